The maximum Gasteiger partial charge on any atom is 0.237 e. The van der Waals surface area contributed by atoms with Crippen LogP contribution >= 0.6 is 11.3 Å². The Kier molecular flexibility index (Phi) is 8.74. The normalized spacial score (nSPS) is 16.3. The molecular formula is C28H34N2O3S. The van der Waals surface area contributed by atoms with Crippen LogP contribution in [-0.2, 0) is 17.6 Å². The Hall–Kier alpha value is -2.67. The molecule has 1 aliphatic rings. The Labute approximate surface area is 206 Å². The van der Waals surface area contributed by atoms with Gasteiger partial charge in [0.2, 0.25) is 5.91 Å². The molecule has 1 amide bonds. The number of aliphatic hydroxyl groups excluding tert-OH is 1. The second-order valence-electron chi connectivity index (χ2n) is 8.85. The van der Waals surface area contributed by atoms with Crippen LogP contribution in [0.5, 0.6) is 5.75 Å². The number of para-hydroxylation sites is 1. The van der Waals surface area contributed by atoms with E-state index < -0.39 is 6.10 Å². The highest BCUT2D eigenvalue weighted by atomic mass is 32.1. The monoisotopic (exact) mass is 478 g/mol. The fraction of sp³-hybridized carbons (Fsp3) is 0.393. The molecule has 0 unspecified atom stereocenters. The summed E-state index contributed by atoms with van der Waals surface area (Å²) in [6.45, 7) is 4.81. The first kappa shape index (κ1) is 24.5. The predicted octanol–water partition coefficient (Wildman–Crippen LogP) is 4.57. The van der Waals surface area contributed by atoms with Gasteiger partial charge in [-0.3, -0.25) is 9.69 Å². The van der Waals surface area contributed by atoms with Crippen molar-refractivity contribution < 1.29 is 14.6 Å². The van der Waals surface area contributed by atoms with Crippen LogP contribution in [0, 0.1) is 0 Å². The van der Waals surface area contributed by atoms with Crippen molar-refractivity contribution in [3.05, 3.63) is 88.1 Å². The van der Waals surface area contributed by atoms with Crippen molar-refractivity contribution in [2.75, 3.05) is 32.8 Å². The molecule has 6 heteroatoms. The van der Waals surface area contributed by atoms with E-state index in [2.05, 4.69) is 23.3 Å². The Morgan fingerprint density at radius 2 is 1.88 bits per heavy atom. The zero-order valence-electron chi connectivity index (χ0n) is 19.8. The second kappa shape index (κ2) is 12.2. The van der Waals surface area contributed by atoms with Crippen LogP contribution in [-0.4, -0.2) is 59.7 Å². The molecule has 0 saturated heterocycles. The summed E-state index contributed by atoms with van der Waals surface area (Å²) < 4.78 is 6.09. The number of rotatable bonds is 11. The Morgan fingerprint density at radius 3 is 2.62 bits per heavy atom. The van der Waals surface area contributed by atoms with E-state index in [-0.39, 0.29) is 11.9 Å². The van der Waals surface area contributed by atoms with E-state index in [9.17, 15) is 9.90 Å². The van der Waals surface area contributed by atoms with Gasteiger partial charge < -0.3 is 14.7 Å². The van der Waals surface area contributed by atoms with Crippen molar-refractivity contribution in [1.82, 2.24) is 9.80 Å². The van der Waals surface area contributed by atoms with Crippen LogP contribution in [0.3, 0.4) is 0 Å². The van der Waals surface area contributed by atoms with Gasteiger partial charge in [-0.1, -0.05) is 55.5 Å². The molecule has 0 fully saturated rings. The van der Waals surface area contributed by atoms with Crippen LogP contribution in [0.15, 0.2) is 72.1 Å². The van der Waals surface area contributed by atoms with Crippen LogP contribution in [0.1, 0.15) is 35.4 Å². The van der Waals surface area contributed by atoms with Crippen LogP contribution < -0.4 is 4.74 Å². The number of aliphatic hydroxyl groups is 1. The molecule has 5 nitrogen and oxygen atoms in total. The molecule has 0 aliphatic carbocycles. The number of benzene rings is 2. The highest BCUT2D eigenvalue weighted by Gasteiger charge is 2.33. The van der Waals surface area contributed by atoms with E-state index in [1.54, 1.807) is 11.3 Å². The molecule has 4 rings (SSSR count). The molecule has 180 valence electrons. The molecular weight excluding hydrogens is 444 g/mol. The zero-order valence-corrected chi connectivity index (χ0v) is 20.6. The summed E-state index contributed by atoms with van der Waals surface area (Å²) in [6.07, 6.45) is 1.89. The van der Waals surface area contributed by atoms with E-state index in [4.69, 9.17) is 4.74 Å². The third-order valence-electron chi connectivity index (χ3n) is 6.25. The summed E-state index contributed by atoms with van der Waals surface area (Å²) in [7, 11) is 0. The topological polar surface area (TPSA) is 53.0 Å². The summed E-state index contributed by atoms with van der Waals surface area (Å²) >= 11 is 1.76. The molecule has 2 atom stereocenters. The van der Waals surface area contributed by atoms with E-state index in [0.29, 0.717) is 32.7 Å². The predicted molar refractivity (Wildman–Crippen MR) is 137 cm³/mol. The number of hydrogen-bond donors (Lipinski definition) is 1. The number of nitrogens with zero attached hydrogens (tertiary/aromatic N) is 2. The number of carbonyl (C=O) groups is 1. The van der Waals surface area contributed by atoms with Crippen molar-refractivity contribution in [3.8, 4) is 5.75 Å². The minimum absolute atomic E-state index is 0.0962. The lowest BCUT2D eigenvalue weighted by molar-refractivity contribution is -0.136. The van der Waals surface area contributed by atoms with Gasteiger partial charge in [-0.25, -0.2) is 0 Å². The molecule has 34 heavy (non-hydrogen) atoms. The summed E-state index contributed by atoms with van der Waals surface area (Å²) in [4.78, 5) is 18.9. The van der Waals surface area contributed by atoms with Crippen LogP contribution in [0.25, 0.3) is 0 Å². The lowest BCUT2D eigenvalue weighted by atomic mass is 10.00. The number of carbonyl (C=O) groups excluding carboxylic acids is 1. The molecule has 2 aromatic carbocycles. The second-order valence-corrected chi connectivity index (χ2v) is 9.86. The maximum atomic E-state index is 13.5. The number of hydrogen-bond acceptors (Lipinski definition) is 5. The van der Waals surface area contributed by atoms with Crippen LogP contribution in [0.4, 0.5) is 0 Å². The number of amides is 1. The highest BCUT2D eigenvalue weighted by molar-refractivity contribution is 7.10. The fourth-order valence-corrected chi connectivity index (χ4v) is 5.58. The molecule has 2 heterocycles. The molecule has 0 radical (unpaired) electrons. The standard InChI is InChI=1S/C28H34N2O3S/c1-2-15-29(19-23(31)18-22-9-5-3-6-10-22)20-28(32)30-16-13-27-25(14-17-34-27)26(30)21-33-24-11-7-4-8-12-24/h3-12,14,17,23,26,31H,2,13,15-16,18-21H2,1H3/t23-,26+/m1/s1. The quantitative estimate of drug-likeness (QED) is 0.439. The minimum Gasteiger partial charge on any atom is -0.491 e. The van der Waals surface area contributed by atoms with Crippen molar-refractivity contribution in [1.29, 1.82) is 0 Å². The molecule has 0 saturated carbocycles. The van der Waals surface area contributed by atoms with Crippen molar-refractivity contribution in [2.45, 2.75) is 38.3 Å². The summed E-state index contributed by atoms with van der Waals surface area (Å²) in [5.41, 5.74) is 2.31. The third-order valence-corrected chi connectivity index (χ3v) is 7.24. The number of fused-ring (bicyclic) bond motifs is 1. The van der Waals surface area contributed by atoms with Crippen molar-refractivity contribution in [3.63, 3.8) is 0 Å². The molecule has 3 aromatic rings. The highest BCUT2D eigenvalue weighted by Crippen LogP contribution is 2.34. The van der Waals surface area contributed by atoms with Gasteiger partial charge in [0.1, 0.15) is 12.4 Å². The molecule has 1 aromatic heterocycles. The van der Waals surface area contributed by atoms with E-state index in [1.165, 1.54) is 10.4 Å². The van der Waals surface area contributed by atoms with Gasteiger partial charge in [0, 0.05) is 18.0 Å². The van der Waals surface area contributed by atoms with Gasteiger partial charge in [0.25, 0.3) is 0 Å². The van der Waals surface area contributed by atoms with Gasteiger partial charge in [-0.15, -0.1) is 11.3 Å². The van der Waals surface area contributed by atoms with E-state index in [1.807, 2.05) is 65.6 Å². The maximum absolute atomic E-state index is 13.5. The van der Waals surface area contributed by atoms with Gasteiger partial charge in [-0.05, 0) is 60.5 Å². The van der Waals surface area contributed by atoms with E-state index in [0.717, 1.165) is 30.7 Å². The van der Waals surface area contributed by atoms with Gasteiger partial charge >= 0.3 is 0 Å². The first-order chi connectivity index (χ1) is 16.6. The van der Waals surface area contributed by atoms with Gasteiger partial charge in [-0.2, -0.15) is 0 Å². The fourth-order valence-electron chi connectivity index (χ4n) is 4.65. The van der Waals surface area contributed by atoms with Crippen molar-refractivity contribution in [2.24, 2.45) is 0 Å². The zero-order chi connectivity index (χ0) is 23.8. The Morgan fingerprint density at radius 1 is 1.15 bits per heavy atom. The first-order valence-corrected chi connectivity index (χ1v) is 13.0. The lowest BCUT2D eigenvalue weighted by Crippen LogP contribution is -2.48. The number of ether oxygens (including phenoxy) is 1. The Balaban J connectivity index is 1.41. The van der Waals surface area contributed by atoms with Crippen molar-refractivity contribution >= 4 is 17.2 Å². The average Bonchev–Trinajstić information content (AvgIpc) is 3.33. The molecule has 1 aliphatic heterocycles. The number of thiophene rings is 1. The summed E-state index contributed by atoms with van der Waals surface area (Å²) in [6, 6.07) is 21.8. The molecule has 1 N–H and O–H groups in total. The minimum atomic E-state index is -0.510. The van der Waals surface area contributed by atoms with Gasteiger partial charge in [0.05, 0.1) is 18.7 Å². The first-order valence-electron chi connectivity index (χ1n) is 12.1. The lowest BCUT2D eigenvalue weighted by Gasteiger charge is -2.37. The molecule has 0 bridgehead atoms. The summed E-state index contributed by atoms with van der Waals surface area (Å²) in [5, 5.41) is 12.8. The van der Waals surface area contributed by atoms with E-state index >= 15 is 0 Å². The molecule has 0 spiro atoms. The smallest absolute Gasteiger partial charge is 0.237 e. The Bertz CT molecular complexity index is 1020. The van der Waals surface area contributed by atoms with Crippen LogP contribution in [0.2, 0.25) is 0 Å². The average molecular weight is 479 g/mol. The SMILES string of the molecule is CCCN(CC(=O)N1CCc2sccc2[C@@H]1COc1ccccc1)C[C@H](O)Cc1ccccc1. The largest absolute Gasteiger partial charge is 0.491 e. The van der Waals surface area contributed by atoms with Gasteiger partial charge in [0.15, 0.2) is 0 Å². The summed E-state index contributed by atoms with van der Waals surface area (Å²) in [5.74, 6) is 0.910. The third kappa shape index (κ3) is 6.47.